The fraction of sp³-hybridized carbons (Fsp3) is 0.0625. The van der Waals surface area contributed by atoms with Gasteiger partial charge < -0.3 is 4.74 Å². The fourth-order valence-electron chi connectivity index (χ4n) is 2.14. The van der Waals surface area contributed by atoms with Crippen LogP contribution in [-0.2, 0) is 0 Å². The van der Waals surface area contributed by atoms with Crippen LogP contribution in [0.2, 0.25) is 0 Å². The first-order valence-electron chi connectivity index (χ1n) is 6.41. The van der Waals surface area contributed by atoms with E-state index in [-0.39, 0.29) is 5.69 Å². The monoisotopic (exact) mass is 280 g/mol. The van der Waals surface area contributed by atoms with E-state index in [9.17, 15) is 10.1 Å². The number of nitro benzene ring substituents is 1. The van der Waals surface area contributed by atoms with Gasteiger partial charge in [0.05, 0.1) is 10.4 Å². The van der Waals surface area contributed by atoms with Gasteiger partial charge in [0.1, 0.15) is 11.5 Å². The maximum Gasteiger partial charge on any atom is 0.272 e. The Morgan fingerprint density at radius 2 is 1.86 bits per heavy atom. The molecule has 5 heteroatoms. The molecule has 0 saturated heterocycles. The number of fused-ring (bicyclic) bond motifs is 1. The van der Waals surface area contributed by atoms with Gasteiger partial charge in [-0.2, -0.15) is 0 Å². The van der Waals surface area contributed by atoms with Crippen LogP contribution in [0.15, 0.2) is 54.7 Å². The summed E-state index contributed by atoms with van der Waals surface area (Å²) in [4.78, 5) is 14.7. The van der Waals surface area contributed by atoms with Crippen molar-refractivity contribution >= 4 is 16.6 Å². The van der Waals surface area contributed by atoms with Gasteiger partial charge in [-0.3, -0.25) is 15.1 Å². The highest BCUT2D eigenvalue weighted by molar-refractivity contribution is 5.79. The van der Waals surface area contributed by atoms with E-state index in [1.54, 1.807) is 25.3 Å². The zero-order chi connectivity index (χ0) is 14.8. The van der Waals surface area contributed by atoms with Crippen LogP contribution in [0.1, 0.15) is 5.56 Å². The first-order chi connectivity index (χ1) is 10.1. The summed E-state index contributed by atoms with van der Waals surface area (Å²) in [7, 11) is 0. The second-order valence-corrected chi connectivity index (χ2v) is 4.67. The fourth-order valence-corrected chi connectivity index (χ4v) is 2.14. The average Bonchev–Trinajstić information content (AvgIpc) is 2.47. The Morgan fingerprint density at radius 3 is 2.62 bits per heavy atom. The second kappa shape index (κ2) is 5.20. The van der Waals surface area contributed by atoms with Crippen LogP contribution in [0.4, 0.5) is 5.69 Å². The van der Waals surface area contributed by atoms with Gasteiger partial charge in [-0.15, -0.1) is 0 Å². The predicted octanol–water partition coefficient (Wildman–Crippen LogP) is 4.24. The maximum atomic E-state index is 10.8. The molecule has 2 aromatic carbocycles. The number of pyridine rings is 1. The third-order valence-corrected chi connectivity index (χ3v) is 3.18. The van der Waals surface area contributed by atoms with Crippen molar-refractivity contribution < 1.29 is 9.66 Å². The van der Waals surface area contributed by atoms with Crippen LogP contribution in [0, 0.1) is 17.0 Å². The van der Waals surface area contributed by atoms with Gasteiger partial charge in [-0.1, -0.05) is 6.07 Å². The lowest BCUT2D eigenvalue weighted by molar-refractivity contribution is -0.385. The number of benzene rings is 2. The average molecular weight is 280 g/mol. The molecule has 0 aliphatic heterocycles. The van der Waals surface area contributed by atoms with Crippen molar-refractivity contribution in [3.63, 3.8) is 0 Å². The van der Waals surface area contributed by atoms with Crippen LogP contribution in [0.3, 0.4) is 0 Å². The molecule has 0 spiro atoms. The molecule has 3 aromatic rings. The standard InChI is InChI=1S/C16H12N2O3/c1-11-9-13(6-7-16(11)18(19)20)21-14-5-4-12-3-2-8-17-15(12)10-14/h2-10H,1H3. The summed E-state index contributed by atoms with van der Waals surface area (Å²) in [6, 6.07) is 14.2. The Kier molecular flexibility index (Phi) is 3.23. The van der Waals surface area contributed by atoms with Crippen molar-refractivity contribution in [3.8, 4) is 11.5 Å². The summed E-state index contributed by atoms with van der Waals surface area (Å²) in [5.41, 5.74) is 1.49. The largest absolute Gasteiger partial charge is 0.457 e. The first-order valence-corrected chi connectivity index (χ1v) is 6.41. The van der Waals surface area contributed by atoms with Crippen LogP contribution in [0.25, 0.3) is 10.9 Å². The third kappa shape index (κ3) is 2.67. The molecule has 0 unspecified atom stereocenters. The van der Waals surface area contributed by atoms with E-state index in [1.807, 2.05) is 30.3 Å². The molecule has 1 heterocycles. The number of hydrogen-bond acceptors (Lipinski definition) is 4. The SMILES string of the molecule is Cc1cc(Oc2ccc3cccnc3c2)ccc1[N+](=O)[O-]. The summed E-state index contributed by atoms with van der Waals surface area (Å²) in [6.45, 7) is 1.69. The highest BCUT2D eigenvalue weighted by atomic mass is 16.6. The number of nitrogens with zero attached hydrogens (tertiary/aromatic N) is 2. The minimum Gasteiger partial charge on any atom is -0.457 e. The van der Waals surface area contributed by atoms with E-state index < -0.39 is 4.92 Å². The van der Waals surface area contributed by atoms with Crippen LogP contribution in [0.5, 0.6) is 11.5 Å². The molecule has 0 atom stereocenters. The third-order valence-electron chi connectivity index (χ3n) is 3.18. The van der Waals surface area contributed by atoms with Gasteiger partial charge >= 0.3 is 0 Å². The molecule has 0 aliphatic carbocycles. The van der Waals surface area contributed by atoms with Gasteiger partial charge in [0, 0.05) is 29.3 Å². The molecule has 3 rings (SSSR count). The molecule has 0 saturated carbocycles. The lowest BCUT2D eigenvalue weighted by Gasteiger charge is -2.07. The quantitative estimate of drug-likeness (QED) is 0.531. The van der Waals surface area contributed by atoms with Gasteiger partial charge in [-0.25, -0.2) is 0 Å². The molecule has 1 aromatic heterocycles. The lowest BCUT2D eigenvalue weighted by atomic mass is 10.2. The predicted molar refractivity (Wildman–Crippen MR) is 79.7 cm³/mol. The van der Waals surface area contributed by atoms with Crippen LogP contribution in [-0.4, -0.2) is 9.91 Å². The molecular formula is C16H12N2O3. The van der Waals surface area contributed by atoms with E-state index in [0.29, 0.717) is 17.1 Å². The summed E-state index contributed by atoms with van der Waals surface area (Å²) in [5.74, 6) is 1.21. The summed E-state index contributed by atoms with van der Waals surface area (Å²) < 4.78 is 5.74. The molecule has 104 valence electrons. The maximum absolute atomic E-state index is 10.8. The highest BCUT2D eigenvalue weighted by Crippen LogP contribution is 2.28. The number of aryl methyl sites for hydroxylation is 1. The van der Waals surface area contributed by atoms with Gasteiger partial charge in [-0.05, 0) is 37.3 Å². The summed E-state index contributed by atoms with van der Waals surface area (Å²) in [5, 5.41) is 11.8. The number of ether oxygens (including phenoxy) is 1. The number of rotatable bonds is 3. The number of nitro groups is 1. The van der Waals surface area contributed by atoms with Gasteiger partial charge in [0.25, 0.3) is 5.69 Å². The molecule has 21 heavy (non-hydrogen) atoms. The molecular weight excluding hydrogens is 268 g/mol. The molecule has 5 nitrogen and oxygen atoms in total. The normalized spacial score (nSPS) is 10.5. The van der Waals surface area contributed by atoms with E-state index >= 15 is 0 Å². The molecule has 0 amide bonds. The molecule has 0 fully saturated rings. The zero-order valence-corrected chi connectivity index (χ0v) is 11.3. The van der Waals surface area contributed by atoms with Gasteiger partial charge in [0.15, 0.2) is 0 Å². The smallest absolute Gasteiger partial charge is 0.272 e. The Hall–Kier alpha value is -2.95. The Balaban J connectivity index is 1.91. The Bertz CT molecular complexity index is 831. The number of hydrogen-bond donors (Lipinski definition) is 0. The molecule has 0 N–H and O–H groups in total. The topological polar surface area (TPSA) is 65.3 Å². The Morgan fingerprint density at radius 1 is 1.10 bits per heavy atom. The molecule has 0 bridgehead atoms. The summed E-state index contributed by atoms with van der Waals surface area (Å²) >= 11 is 0. The van der Waals surface area contributed by atoms with Gasteiger partial charge in [0.2, 0.25) is 0 Å². The van der Waals surface area contributed by atoms with Crippen molar-refractivity contribution in [2.45, 2.75) is 6.92 Å². The van der Waals surface area contributed by atoms with E-state index in [0.717, 1.165) is 10.9 Å². The van der Waals surface area contributed by atoms with Crippen LogP contribution >= 0.6 is 0 Å². The van der Waals surface area contributed by atoms with Crippen molar-refractivity contribution in [1.29, 1.82) is 0 Å². The Labute approximate surface area is 121 Å². The zero-order valence-electron chi connectivity index (χ0n) is 11.3. The number of aromatic nitrogens is 1. The minimum atomic E-state index is -0.404. The van der Waals surface area contributed by atoms with E-state index in [2.05, 4.69) is 4.98 Å². The molecule has 0 radical (unpaired) electrons. The van der Waals surface area contributed by atoms with Crippen molar-refractivity contribution in [2.75, 3.05) is 0 Å². The van der Waals surface area contributed by atoms with E-state index in [4.69, 9.17) is 4.74 Å². The first kappa shape index (κ1) is 13.1. The van der Waals surface area contributed by atoms with Crippen molar-refractivity contribution in [3.05, 3.63) is 70.4 Å². The van der Waals surface area contributed by atoms with Crippen molar-refractivity contribution in [1.82, 2.24) is 4.98 Å². The second-order valence-electron chi connectivity index (χ2n) is 4.67. The van der Waals surface area contributed by atoms with Crippen LogP contribution < -0.4 is 4.74 Å². The van der Waals surface area contributed by atoms with E-state index in [1.165, 1.54) is 6.07 Å². The lowest BCUT2D eigenvalue weighted by Crippen LogP contribution is -1.92. The highest BCUT2D eigenvalue weighted by Gasteiger charge is 2.11. The van der Waals surface area contributed by atoms with Crippen molar-refractivity contribution in [2.24, 2.45) is 0 Å². The molecule has 0 aliphatic rings. The minimum absolute atomic E-state index is 0.0857. The summed E-state index contributed by atoms with van der Waals surface area (Å²) in [6.07, 6.45) is 1.72.